The lowest BCUT2D eigenvalue weighted by Crippen LogP contribution is -2.52. The minimum absolute atomic E-state index is 0.0112. The van der Waals surface area contributed by atoms with Crippen LogP contribution in [0.3, 0.4) is 0 Å². The summed E-state index contributed by atoms with van der Waals surface area (Å²) in [5.74, 6) is -1.25. The van der Waals surface area contributed by atoms with Crippen LogP contribution >= 0.6 is 0 Å². The number of aliphatic carboxylic acids is 1. The monoisotopic (exact) mass is 596 g/mol. The molecule has 5 aliphatic rings. The smallest absolute Gasteiger partial charge is 0.309 e. The predicted octanol–water partition coefficient (Wildman–Crippen LogP) is 5.64. The summed E-state index contributed by atoms with van der Waals surface area (Å²) in [6.45, 7) is 4.60. The molecule has 6 rings (SSSR count). The first-order chi connectivity index (χ1) is 20.5. The second-order valence-corrected chi connectivity index (χ2v) is 14.5. The Labute approximate surface area is 253 Å². The summed E-state index contributed by atoms with van der Waals surface area (Å²) < 4.78 is 26.5. The first-order valence-electron chi connectivity index (χ1n) is 16.1. The van der Waals surface area contributed by atoms with Gasteiger partial charge in [0.2, 0.25) is 5.91 Å². The average Bonchev–Trinajstić information content (AvgIpc) is 3.59. The van der Waals surface area contributed by atoms with E-state index in [1.807, 2.05) is 0 Å². The van der Waals surface area contributed by atoms with Crippen molar-refractivity contribution in [3.05, 3.63) is 35.2 Å². The van der Waals surface area contributed by atoms with Gasteiger partial charge in [-0.3, -0.25) is 14.4 Å². The summed E-state index contributed by atoms with van der Waals surface area (Å²) in [5.41, 5.74) is 0.858. The van der Waals surface area contributed by atoms with Gasteiger partial charge in [0.1, 0.15) is 5.75 Å². The molecule has 5 aliphatic carbocycles. The van der Waals surface area contributed by atoms with Crippen molar-refractivity contribution in [1.82, 2.24) is 10.6 Å². The van der Waals surface area contributed by atoms with E-state index in [2.05, 4.69) is 23.6 Å². The zero-order chi connectivity index (χ0) is 30.5. The zero-order valence-electron chi connectivity index (χ0n) is 25.5. The van der Waals surface area contributed by atoms with Crippen LogP contribution in [0.4, 0.5) is 4.39 Å². The molecule has 0 aromatic heterocycles. The maximum atomic E-state index is 15.1. The van der Waals surface area contributed by atoms with Crippen LogP contribution in [0.15, 0.2) is 23.8 Å². The third kappa shape index (κ3) is 6.01. The number of carbonyl (C=O) groups is 3. The van der Waals surface area contributed by atoms with E-state index in [9.17, 15) is 19.5 Å². The van der Waals surface area contributed by atoms with Crippen molar-refractivity contribution in [2.45, 2.75) is 96.6 Å². The summed E-state index contributed by atoms with van der Waals surface area (Å²) in [6.07, 6.45) is 11.5. The summed E-state index contributed by atoms with van der Waals surface area (Å²) >= 11 is 0. The van der Waals surface area contributed by atoms with E-state index in [4.69, 9.17) is 9.47 Å². The van der Waals surface area contributed by atoms with Gasteiger partial charge in [-0.05, 0) is 94.4 Å². The molecule has 2 amide bonds. The Morgan fingerprint density at radius 3 is 2.40 bits per heavy atom. The highest BCUT2D eigenvalue weighted by molar-refractivity contribution is 5.98. The molecule has 0 saturated heterocycles. The van der Waals surface area contributed by atoms with Gasteiger partial charge >= 0.3 is 5.97 Å². The van der Waals surface area contributed by atoms with Crippen LogP contribution < -0.4 is 20.1 Å². The van der Waals surface area contributed by atoms with Gasteiger partial charge in [0.05, 0.1) is 30.1 Å². The van der Waals surface area contributed by atoms with Crippen LogP contribution in [0.1, 0.15) is 94.8 Å². The van der Waals surface area contributed by atoms with Gasteiger partial charge in [0, 0.05) is 24.6 Å². The maximum Gasteiger partial charge on any atom is 0.309 e. The highest BCUT2D eigenvalue weighted by Crippen LogP contribution is 2.53. The molecule has 5 fully saturated rings. The summed E-state index contributed by atoms with van der Waals surface area (Å²) in [6, 6.07) is 2.20. The molecule has 9 heteroatoms. The molecule has 0 aliphatic heterocycles. The van der Waals surface area contributed by atoms with Crippen molar-refractivity contribution >= 4 is 17.8 Å². The van der Waals surface area contributed by atoms with Crippen molar-refractivity contribution in [3.8, 4) is 11.5 Å². The van der Waals surface area contributed by atoms with Crippen molar-refractivity contribution in [3.63, 3.8) is 0 Å². The highest BCUT2D eigenvalue weighted by atomic mass is 19.1. The summed E-state index contributed by atoms with van der Waals surface area (Å²) in [4.78, 5) is 39.1. The minimum Gasteiger partial charge on any atom is -0.496 e. The normalized spacial score (nSPS) is 33.5. The Morgan fingerprint density at radius 2 is 1.79 bits per heavy atom. The third-order valence-corrected chi connectivity index (χ3v) is 11.1. The number of rotatable bonds is 10. The second-order valence-electron chi connectivity index (χ2n) is 14.5. The molecular weight excluding hydrogens is 551 g/mol. The molecule has 8 nitrogen and oxygen atoms in total. The number of benzene rings is 1. The number of hydrogen-bond acceptors (Lipinski definition) is 5. The quantitative estimate of drug-likeness (QED) is 0.301. The molecular formula is C34H45FN2O6. The predicted molar refractivity (Wildman–Crippen MR) is 158 cm³/mol. The van der Waals surface area contributed by atoms with E-state index in [0.29, 0.717) is 38.1 Å². The first kappa shape index (κ1) is 29.9. The van der Waals surface area contributed by atoms with E-state index in [-0.39, 0.29) is 58.3 Å². The van der Waals surface area contributed by atoms with Crippen LogP contribution in [0.25, 0.3) is 0 Å². The Balaban J connectivity index is 1.20. The SMILES string of the molecule is COc1cc(F)c(OC2CCC(C)(C(=O)O)CC2)cc1C(=O)N[C@H]1[C@@H](C(=O)NCC2(C)CCC2)[C@@H]2C/C(=C/C3CC3)[C@H]1C2. The van der Waals surface area contributed by atoms with Gasteiger partial charge in [-0.1, -0.05) is 25.0 Å². The highest BCUT2D eigenvalue weighted by Gasteiger charge is 2.54. The van der Waals surface area contributed by atoms with Gasteiger partial charge < -0.3 is 25.2 Å². The number of carboxylic acids is 1. The Kier molecular flexibility index (Phi) is 7.96. The van der Waals surface area contributed by atoms with Crippen molar-refractivity contribution in [2.75, 3.05) is 13.7 Å². The van der Waals surface area contributed by atoms with Crippen LogP contribution in [0, 0.1) is 40.3 Å². The molecule has 43 heavy (non-hydrogen) atoms. The standard InChI is InChI=1S/C34H45FN2O6/c1-33(9-4-10-33)18-36-31(39)28-21-14-20(13-19-5-6-19)23(15-21)29(28)37-30(38)24-16-27(25(35)17-26(24)42-3)43-22-7-11-34(2,12-8-22)32(40)41/h13,16-17,19,21-23,28-29H,4-12,14-15,18H2,1-3H3,(H,36,39)(H,37,38)(H,40,41)/b20-13-/t21-,22?,23-,28+,29-,34?/m1/s1. The number of halogens is 1. The van der Waals surface area contributed by atoms with Crippen molar-refractivity contribution in [1.29, 1.82) is 0 Å². The van der Waals surface area contributed by atoms with Crippen LogP contribution in [-0.2, 0) is 9.59 Å². The lowest BCUT2D eigenvalue weighted by molar-refractivity contribution is -0.150. The summed E-state index contributed by atoms with van der Waals surface area (Å²) in [7, 11) is 1.39. The van der Waals surface area contributed by atoms with Crippen molar-refractivity contribution in [2.24, 2.45) is 34.5 Å². The number of ether oxygens (including phenoxy) is 2. The van der Waals surface area contributed by atoms with Gasteiger partial charge in [0.25, 0.3) is 5.91 Å². The molecule has 234 valence electrons. The fourth-order valence-corrected chi connectivity index (χ4v) is 7.85. The van der Waals surface area contributed by atoms with Crippen molar-refractivity contribution < 1.29 is 33.4 Å². The number of allylic oxidation sites excluding steroid dienone is 1. The lowest BCUT2D eigenvalue weighted by atomic mass is 9.70. The van der Waals surface area contributed by atoms with Gasteiger partial charge in [-0.15, -0.1) is 0 Å². The third-order valence-electron chi connectivity index (χ3n) is 11.1. The molecule has 0 radical (unpaired) electrons. The van der Waals surface area contributed by atoms with E-state index in [0.717, 1.165) is 31.7 Å². The molecule has 3 N–H and O–H groups in total. The number of carboxylic acid groups (broad SMARTS) is 1. The number of methoxy groups -OCH3 is 1. The number of hydrogen-bond donors (Lipinski definition) is 3. The Morgan fingerprint density at radius 1 is 1.07 bits per heavy atom. The van der Waals surface area contributed by atoms with E-state index in [1.165, 1.54) is 38.0 Å². The lowest BCUT2D eigenvalue weighted by Gasteiger charge is -2.39. The molecule has 1 aromatic carbocycles. The van der Waals surface area contributed by atoms with E-state index < -0.39 is 23.1 Å². The van der Waals surface area contributed by atoms with Gasteiger partial charge in [0.15, 0.2) is 11.6 Å². The number of nitrogens with one attached hydrogen (secondary N) is 2. The van der Waals surface area contributed by atoms with E-state index in [1.54, 1.807) is 6.92 Å². The number of carbonyl (C=O) groups excluding carboxylic acids is 2. The van der Waals surface area contributed by atoms with Gasteiger partial charge in [-0.2, -0.15) is 0 Å². The average molecular weight is 597 g/mol. The molecule has 0 unspecified atom stereocenters. The maximum absolute atomic E-state index is 15.1. The molecule has 4 atom stereocenters. The minimum atomic E-state index is -0.833. The number of amides is 2. The van der Waals surface area contributed by atoms with Gasteiger partial charge in [-0.25, -0.2) is 4.39 Å². The molecule has 0 spiro atoms. The first-order valence-corrected chi connectivity index (χ1v) is 16.1. The topological polar surface area (TPSA) is 114 Å². The fraction of sp³-hybridized carbons (Fsp3) is 0.676. The Hall–Kier alpha value is -3.10. The fourth-order valence-electron chi connectivity index (χ4n) is 7.85. The summed E-state index contributed by atoms with van der Waals surface area (Å²) in [5, 5.41) is 15.9. The number of fused-ring (bicyclic) bond motifs is 2. The second kappa shape index (κ2) is 11.4. The molecule has 1 aromatic rings. The largest absolute Gasteiger partial charge is 0.496 e. The van der Waals surface area contributed by atoms with Crippen LogP contribution in [0.2, 0.25) is 0 Å². The molecule has 0 heterocycles. The van der Waals surface area contributed by atoms with Crippen LogP contribution in [-0.4, -0.2) is 48.7 Å². The molecule has 2 bridgehead atoms. The van der Waals surface area contributed by atoms with Crippen LogP contribution in [0.5, 0.6) is 11.5 Å². The zero-order valence-corrected chi connectivity index (χ0v) is 25.5. The molecule has 5 saturated carbocycles. The Bertz CT molecular complexity index is 1310. The van der Waals surface area contributed by atoms with E-state index >= 15 is 4.39 Å².